The molecule has 0 radical (unpaired) electrons. The van der Waals surface area contributed by atoms with Crippen LogP contribution >= 0.6 is 0 Å². The van der Waals surface area contributed by atoms with E-state index in [1.807, 2.05) is 0 Å². The summed E-state index contributed by atoms with van der Waals surface area (Å²) >= 11 is 0. The van der Waals surface area contributed by atoms with Crippen LogP contribution in [0.1, 0.15) is 28.4 Å². The van der Waals surface area contributed by atoms with Crippen LogP contribution in [0, 0.1) is 0 Å². The fourth-order valence-electron chi connectivity index (χ4n) is 1.98. The van der Waals surface area contributed by atoms with E-state index in [0.717, 1.165) is 0 Å². The van der Waals surface area contributed by atoms with Gasteiger partial charge >= 0.3 is 11.9 Å². The molecule has 6 nitrogen and oxygen atoms in total. The maximum absolute atomic E-state index is 11.8. The van der Waals surface area contributed by atoms with Crippen molar-refractivity contribution in [2.75, 3.05) is 14.2 Å². The van der Waals surface area contributed by atoms with Crippen molar-refractivity contribution in [3.8, 4) is 11.5 Å². The van der Waals surface area contributed by atoms with Crippen molar-refractivity contribution in [1.82, 2.24) is 0 Å². The summed E-state index contributed by atoms with van der Waals surface area (Å²) in [5, 5.41) is 8.77. The molecule has 0 spiro atoms. The first-order valence-electron chi connectivity index (χ1n) is 5.26. The number of hydrogen-bond donors (Lipinski definition) is 1. The fraction of sp³-hybridized carbons (Fsp3) is 0.333. The predicted molar refractivity (Wildman–Crippen MR) is 60.0 cm³/mol. The minimum absolute atomic E-state index is 0.239. The van der Waals surface area contributed by atoms with Crippen molar-refractivity contribution < 1.29 is 28.9 Å². The van der Waals surface area contributed by atoms with Gasteiger partial charge in [0, 0.05) is 5.56 Å². The van der Waals surface area contributed by atoms with E-state index in [4.69, 9.17) is 19.3 Å². The number of carboxylic acid groups (broad SMARTS) is 1. The lowest BCUT2D eigenvalue weighted by molar-refractivity contribution is -0.139. The Balaban J connectivity index is 2.50. The number of carbonyl (C=O) groups is 2. The molecule has 2 rings (SSSR count). The van der Waals surface area contributed by atoms with Gasteiger partial charge in [-0.15, -0.1) is 0 Å². The number of fused-ring (bicyclic) bond motifs is 1. The molecule has 1 aliphatic heterocycles. The number of hydrogen-bond acceptors (Lipinski definition) is 5. The van der Waals surface area contributed by atoms with Crippen LogP contribution < -0.4 is 9.47 Å². The molecule has 0 saturated heterocycles. The Hall–Kier alpha value is -2.24. The van der Waals surface area contributed by atoms with Gasteiger partial charge in [0.15, 0.2) is 11.5 Å². The van der Waals surface area contributed by atoms with Crippen molar-refractivity contribution in [3.63, 3.8) is 0 Å². The Bertz CT molecular complexity index is 508. The van der Waals surface area contributed by atoms with Gasteiger partial charge in [0.1, 0.15) is 11.7 Å². The molecule has 0 aromatic heterocycles. The lowest BCUT2D eigenvalue weighted by Gasteiger charge is -2.10. The lowest BCUT2D eigenvalue weighted by atomic mass is 10.0. The van der Waals surface area contributed by atoms with E-state index in [1.54, 1.807) is 12.1 Å². The number of benzene rings is 1. The van der Waals surface area contributed by atoms with Gasteiger partial charge in [-0.05, 0) is 6.07 Å². The molecule has 1 aliphatic rings. The van der Waals surface area contributed by atoms with Crippen molar-refractivity contribution in [2.45, 2.75) is 12.5 Å². The monoisotopic (exact) mass is 252 g/mol. The summed E-state index contributed by atoms with van der Waals surface area (Å²) in [6.07, 6.45) is -1.04. The zero-order valence-electron chi connectivity index (χ0n) is 9.93. The average molecular weight is 252 g/mol. The Morgan fingerprint density at radius 3 is 2.67 bits per heavy atom. The Morgan fingerprint density at radius 2 is 2.11 bits per heavy atom. The number of ether oxygens (including phenoxy) is 3. The van der Waals surface area contributed by atoms with E-state index in [-0.39, 0.29) is 17.7 Å². The van der Waals surface area contributed by atoms with E-state index in [9.17, 15) is 9.59 Å². The third-order valence-corrected chi connectivity index (χ3v) is 2.74. The van der Waals surface area contributed by atoms with E-state index in [2.05, 4.69) is 0 Å². The number of rotatable bonds is 4. The van der Waals surface area contributed by atoms with Crippen LogP contribution in [0.25, 0.3) is 0 Å². The summed E-state index contributed by atoms with van der Waals surface area (Å²) in [7, 11) is 2.87. The van der Waals surface area contributed by atoms with E-state index >= 15 is 0 Å². The first-order chi connectivity index (χ1) is 8.58. The average Bonchev–Trinajstić information content (AvgIpc) is 2.64. The Kier molecular flexibility index (Phi) is 3.10. The van der Waals surface area contributed by atoms with E-state index in [0.29, 0.717) is 11.3 Å². The van der Waals surface area contributed by atoms with Crippen LogP contribution in [0.5, 0.6) is 11.5 Å². The molecule has 18 heavy (non-hydrogen) atoms. The topological polar surface area (TPSA) is 82.1 Å². The maximum Gasteiger partial charge on any atom is 0.343 e. The summed E-state index contributed by atoms with van der Waals surface area (Å²) in [5.41, 5.74) is 0.753. The SMILES string of the molecule is COc1ccc2c(c1OC)C(=O)O[C@H]2CC(=O)O. The van der Waals surface area contributed by atoms with E-state index in [1.165, 1.54) is 14.2 Å². The number of aliphatic carboxylic acids is 1. The highest BCUT2D eigenvalue weighted by Crippen LogP contribution is 2.42. The molecule has 1 atom stereocenters. The summed E-state index contributed by atoms with van der Waals surface area (Å²) in [6.45, 7) is 0. The summed E-state index contributed by atoms with van der Waals surface area (Å²) in [4.78, 5) is 22.5. The minimum Gasteiger partial charge on any atom is -0.493 e. The van der Waals surface area contributed by atoms with Gasteiger partial charge in [0.25, 0.3) is 0 Å². The number of carboxylic acids is 1. The fourth-order valence-corrected chi connectivity index (χ4v) is 1.98. The third-order valence-electron chi connectivity index (χ3n) is 2.74. The highest BCUT2D eigenvalue weighted by molar-refractivity contribution is 5.98. The normalized spacial score (nSPS) is 17.0. The van der Waals surface area contributed by atoms with Gasteiger partial charge < -0.3 is 19.3 Å². The minimum atomic E-state index is -1.03. The number of esters is 1. The molecular weight excluding hydrogens is 240 g/mol. The van der Waals surface area contributed by atoms with Gasteiger partial charge in [-0.2, -0.15) is 0 Å². The second-order valence-electron chi connectivity index (χ2n) is 3.76. The zero-order chi connectivity index (χ0) is 13.3. The highest BCUT2D eigenvalue weighted by atomic mass is 16.6. The quantitative estimate of drug-likeness (QED) is 0.815. The second-order valence-corrected chi connectivity index (χ2v) is 3.76. The van der Waals surface area contributed by atoms with Crippen LogP contribution in [0.2, 0.25) is 0 Å². The van der Waals surface area contributed by atoms with Gasteiger partial charge in [-0.25, -0.2) is 4.79 Å². The van der Waals surface area contributed by atoms with Crippen LogP contribution in [0.4, 0.5) is 0 Å². The van der Waals surface area contributed by atoms with Gasteiger partial charge in [0.2, 0.25) is 0 Å². The number of methoxy groups -OCH3 is 2. The summed E-state index contributed by atoms with van der Waals surface area (Å²) in [5.74, 6) is -0.945. The predicted octanol–water partition coefficient (Wildman–Crippen LogP) is 1.39. The van der Waals surface area contributed by atoms with Crippen molar-refractivity contribution in [1.29, 1.82) is 0 Å². The van der Waals surface area contributed by atoms with Crippen LogP contribution in [-0.2, 0) is 9.53 Å². The molecule has 0 fully saturated rings. The van der Waals surface area contributed by atoms with Crippen LogP contribution in [0.3, 0.4) is 0 Å². The maximum atomic E-state index is 11.8. The molecule has 6 heteroatoms. The van der Waals surface area contributed by atoms with Crippen molar-refractivity contribution >= 4 is 11.9 Å². The van der Waals surface area contributed by atoms with Crippen LogP contribution in [0.15, 0.2) is 12.1 Å². The molecule has 0 bridgehead atoms. The molecule has 1 aromatic rings. The second kappa shape index (κ2) is 4.56. The van der Waals surface area contributed by atoms with E-state index < -0.39 is 18.0 Å². The molecule has 1 N–H and O–H groups in total. The molecule has 0 saturated carbocycles. The van der Waals surface area contributed by atoms with Gasteiger partial charge in [-0.1, -0.05) is 6.07 Å². The molecule has 0 aliphatic carbocycles. The molecular formula is C12H12O6. The molecule has 96 valence electrons. The standard InChI is InChI=1S/C12H12O6/c1-16-7-4-3-6-8(5-9(13)14)18-12(15)10(6)11(7)17-2/h3-4,8H,5H2,1-2H3,(H,13,14)/t8-/m0/s1. The Morgan fingerprint density at radius 1 is 1.39 bits per heavy atom. The molecule has 1 aromatic carbocycles. The molecule has 0 unspecified atom stereocenters. The zero-order valence-corrected chi connectivity index (χ0v) is 9.93. The lowest BCUT2D eigenvalue weighted by Crippen LogP contribution is -2.05. The van der Waals surface area contributed by atoms with Crippen molar-refractivity contribution in [2.24, 2.45) is 0 Å². The summed E-state index contributed by atoms with van der Waals surface area (Å²) < 4.78 is 15.2. The first-order valence-corrected chi connectivity index (χ1v) is 5.26. The highest BCUT2D eigenvalue weighted by Gasteiger charge is 2.36. The largest absolute Gasteiger partial charge is 0.493 e. The molecule has 1 heterocycles. The van der Waals surface area contributed by atoms with Crippen LogP contribution in [-0.4, -0.2) is 31.3 Å². The van der Waals surface area contributed by atoms with Gasteiger partial charge in [0.05, 0.1) is 20.6 Å². The third kappa shape index (κ3) is 1.85. The number of carbonyl (C=O) groups excluding carboxylic acids is 1. The van der Waals surface area contributed by atoms with Crippen molar-refractivity contribution in [3.05, 3.63) is 23.3 Å². The van der Waals surface area contributed by atoms with Gasteiger partial charge in [-0.3, -0.25) is 4.79 Å². The number of cyclic esters (lactones) is 1. The first kappa shape index (κ1) is 12.2. The smallest absolute Gasteiger partial charge is 0.343 e. The Labute approximate surface area is 103 Å². The molecule has 0 amide bonds. The summed E-state index contributed by atoms with van der Waals surface area (Å²) in [6, 6.07) is 3.24.